The van der Waals surface area contributed by atoms with Crippen LogP contribution < -0.4 is 10.9 Å². The Labute approximate surface area is 87.7 Å². The van der Waals surface area contributed by atoms with Crippen LogP contribution in [-0.2, 0) is 0 Å². The molecule has 0 fully saturated rings. The van der Waals surface area contributed by atoms with Crippen LogP contribution in [0.1, 0.15) is 23.7 Å². The van der Waals surface area contributed by atoms with Gasteiger partial charge in [-0.3, -0.25) is 9.59 Å². The lowest BCUT2D eigenvalue weighted by molar-refractivity contribution is 0.0939. The van der Waals surface area contributed by atoms with E-state index in [2.05, 4.69) is 16.2 Å². The summed E-state index contributed by atoms with van der Waals surface area (Å²) in [5.41, 5.74) is -0.302. The van der Waals surface area contributed by atoms with E-state index in [1.165, 1.54) is 12.3 Å². The molecule has 0 saturated heterocycles. The Morgan fingerprint density at radius 1 is 1.73 bits per heavy atom. The van der Waals surface area contributed by atoms with Crippen LogP contribution in [-0.4, -0.2) is 16.9 Å². The smallest absolute Gasteiger partial charge is 0.260 e. The zero-order chi connectivity index (χ0) is 11.3. The molecule has 1 amide bonds. The van der Waals surface area contributed by atoms with E-state index in [0.717, 1.165) is 0 Å². The number of rotatable bonds is 3. The lowest BCUT2D eigenvalue weighted by Gasteiger charge is -2.09. The van der Waals surface area contributed by atoms with E-state index in [1.54, 1.807) is 13.0 Å². The lowest BCUT2D eigenvalue weighted by atomic mass is 10.2. The van der Waals surface area contributed by atoms with E-state index in [1.807, 2.05) is 0 Å². The van der Waals surface area contributed by atoms with Gasteiger partial charge in [0.1, 0.15) is 5.56 Å². The number of hydrogen-bond acceptors (Lipinski definition) is 2. The summed E-state index contributed by atoms with van der Waals surface area (Å²) >= 11 is 0. The van der Waals surface area contributed by atoms with Crippen molar-refractivity contribution in [3.05, 3.63) is 34.2 Å². The van der Waals surface area contributed by atoms with Gasteiger partial charge in [-0.1, -0.05) is 0 Å². The third kappa shape index (κ3) is 2.99. The van der Waals surface area contributed by atoms with Gasteiger partial charge in [-0.05, 0) is 19.1 Å². The van der Waals surface area contributed by atoms with Crippen molar-refractivity contribution in [2.45, 2.75) is 19.4 Å². The lowest BCUT2D eigenvalue weighted by Crippen LogP contribution is -2.35. The molecule has 1 aromatic heterocycles. The molecule has 0 saturated carbocycles. The van der Waals surface area contributed by atoms with Crippen LogP contribution in [0.25, 0.3) is 0 Å². The molecule has 78 valence electrons. The molecule has 1 rings (SSSR count). The number of aromatic nitrogens is 1. The van der Waals surface area contributed by atoms with E-state index < -0.39 is 11.5 Å². The van der Waals surface area contributed by atoms with Crippen LogP contribution in [0.3, 0.4) is 0 Å². The summed E-state index contributed by atoms with van der Waals surface area (Å²) in [4.78, 5) is 25.2. The largest absolute Gasteiger partial charge is 0.348 e. The monoisotopic (exact) mass is 204 g/mol. The van der Waals surface area contributed by atoms with Crippen LogP contribution in [0.15, 0.2) is 23.1 Å². The van der Waals surface area contributed by atoms with Crippen molar-refractivity contribution in [3.63, 3.8) is 0 Å². The number of hydrogen-bond donors (Lipinski definition) is 2. The second-order valence-corrected chi connectivity index (χ2v) is 3.20. The molecule has 1 atom stereocenters. The van der Waals surface area contributed by atoms with Crippen LogP contribution in [0.5, 0.6) is 0 Å². The Bertz CT molecular complexity index is 442. The second kappa shape index (κ2) is 5.01. The Morgan fingerprint density at radius 2 is 2.47 bits per heavy atom. The van der Waals surface area contributed by atoms with Gasteiger partial charge in [0.25, 0.3) is 11.5 Å². The third-order valence-corrected chi connectivity index (χ3v) is 1.86. The van der Waals surface area contributed by atoms with Crippen molar-refractivity contribution in [2.75, 3.05) is 0 Å². The summed E-state index contributed by atoms with van der Waals surface area (Å²) < 4.78 is 0. The number of carbonyl (C=O) groups is 1. The highest BCUT2D eigenvalue weighted by Crippen LogP contribution is 1.93. The van der Waals surface area contributed by atoms with E-state index in [-0.39, 0.29) is 11.6 Å². The quantitative estimate of drug-likeness (QED) is 0.705. The molecule has 4 nitrogen and oxygen atoms in total. The fourth-order valence-corrected chi connectivity index (χ4v) is 1.13. The predicted molar refractivity (Wildman–Crippen MR) is 57.4 cm³/mol. The van der Waals surface area contributed by atoms with Crippen molar-refractivity contribution < 1.29 is 4.79 Å². The molecular formula is C11H12N2O2. The summed E-state index contributed by atoms with van der Waals surface area (Å²) in [5.74, 6) is 2.04. The van der Waals surface area contributed by atoms with Crippen LogP contribution >= 0.6 is 0 Å². The van der Waals surface area contributed by atoms with Crippen LogP contribution in [0, 0.1) is 12.3 Å². The average molecular weight is 204 g/mol. The number of aromatic amines is 1. The zero-order valence-electron chi connectivity index (χ0n) is 8.41. The second-order valence-electron chi connectivity index (χ2n) is 3.20. The average Bonchev–Trinajstić information content (AvgIpc) is 2.18. The maximum Gasteiger partial charge on any atom is 0.260 e. The number of nitrogens with one attached hydrogen (secondary N) is 2. The molecule has 4 heteroatoms. The summed E-state index contributed by atoms with van der Waals surface area (Å²) in [5, 5.41) is 2.64. The number of amides is 1. The molecule has 1 aromatic rings. The number of terminal acetylenes is 1. The minimum Gasteiger partial charge on any atom is -0.348 e. The molecule has 2 N–H and O–H groups in total. The molecule has 0 aliphatic heterocycles. The summed E-state index contributed by atoms with van der Waals surface area (Å²) in [6.45, 7) is 1.79. The minimum atomic E-state index is -0.403. The van der Waals surface area contributed by atoms with Gasteiger partial charge in [-0.15, -0.1) is 12.3 Å². The Morgan fingerprint density at radius 3 is 3.07 bits per heavy atom. The summed E-state index contributed by atoms with van der Waals surface area (Å²) in [6, 6.07) is 2.93. The standard InChI is InChI=1S/C11H12N2O2/c1-3-5-8(2)13-11(15)9-6-4-7-12-10(9)14/h1,4,6-8H,5H2,2H3,(H,12,14)(H,13,15). The first-order chi connectivity index (χ1) is 7.15. The van der Waals surface area contributed by atoms with Gasteiger partial charge >= 0.3 is 0 Å². The molecule has 0 spiro atoms. The van der Waals surface area contributed by atoms with Crippen molar-refractivity contribution in [2.24, 2.45) is 0 Å². The van der Waals surface area contributed by atoms with Gasteiger partial charge in [0.2, 0.25) is 0 Å². The first kappa shape index (κ1) is 11.1. The van der Waals surface area contributed by atoms with E-state index in [4.69, 9.17) is 6.42 Å². The Balaban J connectivity index is 2.75. The van der Waals surface area contributed by atoms with Crippen molar-refractivity contribution in [1.82, 2.24) is 10.3 Å². The molecule has 0 aliphatic carbocycles. The minimum absolute atomic E-state index is 0.0985. The Kier molecular flexibility index (Phi) is 3.69. The van der Waals surface area contributed by atoms with Gasteiger partial charge in [0, 0.05) is 18.7 Å². The highest BCUT2D eigenvalue weighted by Gasteiger charge is 2.11. The fourth-order valence-electron chi connectivity index (χ4n) is 1.13. The SMILES string of the molecule is C#CCC(C)NC(=O)c1ccc[nH]c1=O. The van der Waals surface area contributed by atoms with E-state index in [9.17, 15) is 9.59 Å². The van der Waals surface area contributed by atoms with E-state index >= 15 is 0 Å². The first-order valence-corrected chi connectivity index (χ1v) is 4.57. The van der Waals surface area contributed by atoms with E-state index in [0.29, 0.717) is 6.42 Å². The molecule has 0 radical (unpaired) electrons. The van der Waals surface area contributed by atoms with Gasteiger partial charge < -0.3 is 10.3 Å². The molecule has 15 heavy (non-hydrogen) atoms. The summed E-state index contributed by atoms with van der Waals surface area (Å²) in [7, 11) is 0. The molecule has 1 heterocycles. The highest BCUT2D eigenvalue weighted by molar-refractivity contribution is 5.93. The number of pyridine rings is 1. The molecule has 1 unspecified atom stereocenters. The van der Waals surface area contributed by atoms with Crippen molar-refractivity contribution in [3.8, 4) is 12.3 Å². The predicted octanol–water partition coefficient (Wildman–Crippen LogP) is 0.517. The topological polar surface area (TPSA) is 62.0 Å². The normalized spacial score (nSPS) is 11.5. The summed E-state index contributed by atoms with van der Waals surface area (Å²) in [6.07, 6.45) is 7.02. The van der Waals surface area contributed by atoms with Gasteiger partial charge in [0.15, 0.2) is 0 Å². The van der Waals surface area contributed by atoms with Gasteiger partial charge in [0.05, 0.1) is 0 Å². The Hall–Kier alpha value is -2.02. The van der Waals surface area contributed by atoms with Gasteiger partial charge in [-0.2, -0.15) is 0 Å². The van der Waals surface area contributed by atoms with Crippen molar-refractivity contribution >= 4 is 5.91 Å². The highest BCUT2D eigenvalue weighted by atomic mass is 16.2. The zero-order valence-corrected chi connectivity index (χ0v) is 8.41. The molecule has 0 aliphatic rings. The fraction of sp³-hybridized carbons (Fsp3) is 0.273. The third-order valence-electron chi connectivity index (χ3n) is 1.86. The first-order valence-electron chi connectivity index (χ1n) is 4.57. The van der Waals surface area contributed by atoms with Crippen molar-refractivity contribution in [1.29, 1.82) is 0 Å². The maximum atomic E-state index is 11.6. The van der Waals surface area contributed by atoms with Gasteiger partial charge in [-0.25, -0.2) is 0 Å². The molecule has 0 bridgehead atoms. The molecular weight excluding hydrogens is 192 g/mol. The molecule has 0 aromatic carbocycles. The number of H-pyrrole nitrogens is 1. The maximum absolute atomic E-state index is 11.6. The van der Waals surface area contributed by atoms with Crippen LogP contribution in [0.2, 0.25) is 0 Å². The van der Waals surface area contributed by atoms with Crippen LogP contribution in [0.4, 0.5) is 0 Å². The number of carbonyl (C=O) groups excluding carboxylic acids is 1.